The molecule has 0 N–H and O–H groups in total. The van der Waals surface area contributed by atoms with E-state index in [1.807, 2.05) is 26.0 Å². The molecule has 98 valence electrons. The zero-order valence-electron chi connectivity index (χ0n) is 11.2. The second-order valence-electron chi connectivity index (χ2n) is 4.57. The first-order valence-corrected chi connectivity index (χ1v) is 6.84. The Morgan fingerprint density at radius 1 is 1.05 bits per heavy atom. The van der Waals surface area contributed by atoms with Gasteiger partial charge in [0.15, 0.2) is 5.78 Å². The number of hydrogen-bond acceptors (Lipinski definition) is 2. The second kappa shape index (κ2) is 5.57. The van der Waals surface area contributed by atoms with Crippen molar-refractivity contribution in [1.29, 1.82) is 0 Å². The number of hydrogen-bond donors (Lipinski definition) is 0. The van der Waals surface area contributed by atoms with Crippen LogP contribution in [0.4, 0.5) is 4.39 Å². The van der Waals surface area contributed by atoms with Crippen LogP contribution in [-0.2, 0) is 0 Å². The number of carbonyl (C=O) groups is 1. The Hall–Kier alpha value is -1.61. The molecule has 0 fully saturated rings. The molecule has 0 aliphatic carbocycles. The molecule has 0 aliphatic rings. The lowest BCUT2D eigenvalue weighted by Crippen LogP contribution is -1.94. The van der Waals surface area contributed by atoms with Gasteiger partial charge in [0.25, 0.3) is 0 Å². The van der Waals surface area contributed by atoms with Gasteiger partial charge in [0, 0.05) is 15.4 Å². The van der Waals surface area contributed by atoms with Crippen LogP contribution in [0.3, 0.4) is 0 Å². The summed E-state index contributed by atoms with van der Waals surface area (Å²) in [4.78, 5) is 12.8. The Morgan fingerprint density at radius 2 is 1.74 bits per heavy atom. The van der Waals surface area contributed by atoms with E-state index in [9.17, 15) is 9.18 Å². The minimum Gasteiger partial charge on any atom is -0.295 e. The van der Waals surface area contributed by atoms with Crippen LogP contribution in [0, 0.1) is 19.7 Å². The normalized spacial score (nSPS) is 10.5. The topological polar surface area (TPSA) is 17.1 Å². The van der Waals surface area contributed by atoms with Crippen LogP contribution in [0.25, 0.3) is 0 Å². The molecule has 0 radical (unpaired) electrons. The van der Waals surface area contributed by atoms with Gasteiger partial charge in [-0.2, -0.15) is 0 Å². The lowest BCUT2D eigenvalue weighted by molar-refractivity contribution is 0.101. The summed E-state index contributed by atoms with van der Waals surface area (Å²) in [6, 6.07) is 10.7. The molecule has 0 spiro atoms. The highest BCUT2D eigenvalue weighted by molar-refractivity contribution is 7.99. The Bertz CT molecular complexity index is 635. The summed E-state index contributed by atoms with van der Waals surface area (Å²) in [7, 11) is 0. The first-order chi connectivity index (χ1) is 8.97. The van der Waals surface area contributed by atoms with Crippen molar-refractivity contribution in [3.63, 3.8) is 0 Å². The zero-order chi connectivity index (χ0) is 14.0. The van der Waals surface area contributed by atoms with E-state index in [1.54, 1.807) is 12.1 Å². The summed E-state index contributed by atoms with van der Waals surface area (Å²) in [6.07, 6.45) is 0. The summed E-state index contributed by atoms with van der Waals surface area (Å²) in [5.74, 6) is -0.473. The van der Waals surface area contributed by atoms with Crippen molar-refractivity contribution in [3.05, 3.63) is 58.9 Å². The average Bonchev–Trinajstić information content (AvgIpc) is 2.34. The molecule has 1 nitrogen and oxygen atoms in total. The largest absolute Gasteiger partial charge is 0.295 e. The molecule has 0 amide bonds. The maximum absolute atomic E-state index is 13.9. The summed E-state index contributed by atoms with van der Waals surface area (Å²) >= 11 is 1.38. The lowest BCUT2D eigenvalue weighted by Gasteiger charge is -2.08. The quantitative estimate of drug-likeness (QED) is 0.748. The van der Waals surface area contributed by atoms with E-state index < -0.39 is 0 Å². The Morgan fingerprint density at radius 3 is 2.32 bits per heavy atom. The monoisotopic (exact) mass is 274 g/mol. The van der Waals surface area contributed by atoms with Crippen molar-refractivity contribution in [1.82, 2.24) is 0 Å². The summed E-state index contributed by atoms with van der Waals surface area (Å²) in [5, 5.41) is 0. The first kappa shape index (κ1) is 13.8. The van der Waals surface area contributed by atoms with Crippen molar-refractivity contribution in [3.8, 4) is 0 Å². The van der Waals surface area contributed by atoms with Gasteiger partial charge in [-0.25, -0.2) is 4.39 Å². The van der Waals surface area contributed by atoms with Crippen molar-refractivity contribution >= 4 is 17.5 Å². The number of ketones is 1. The van der Waals surface area contributed by atoms with Gasteiger partial charge in [-0.15, -0.1) is 0 Å². The van der Waals surface area contributed by atoms with Gasteiger partial charge in [0.05, 0.1) is 0 Å². The molecular formula is C16H15FOS. The van der Waals surface area contributed by atoms with Crippen LogP contribution in [0.2, 0.25) is 0 Å². The molecule has 0 heterocycles. The fourth-order valence-corrected chi connectivity index (χ4v) is 2.72. The van der Waals surface area contributed by atoms with Crippen LogP contribution >= 0.6 is 11.8 Å². The predicted molar refractivity (Wildman–Crippen MR) is 76.4 cm³/mol. The van der Waals surface area contributed by atoms with Crippen molar-refractivity contribution < 1.29 is 9.18 Å². The van der Waals surface area contributed by atoms with Gasteiger partial charge in [0.2, 0.25) is 0 Å². The molecule has 2 rings (SSSR count). The molecule has 0 saturated heterocycles. The molecular weight excluding hydrogens is 259 g/mol. The highest BCUT2D eigenvalue weighted by atomic mass is 32.2. The molecule has 19 heavy (non-hydrogen) atoms. The third-order valence-electron chi connectivity index (χ3n) is 2.89. The van der Waals surface area contributed by atoms with E-state index >= 15 is 0 Å². The van der Waals surface area contributed by atoms with Crippen LogP contribution in [-0.4, -0.2) is 5.78 Å². The van der Waals surface area contributed by atoms with Crippen LogP contribution < -0.4 is 0 Å². The van der Waals surface area contributed by atoms with Gasteiger partial charge in [-0.3, -0.25) is 4.79 Å². The molecule has 2 aromatic rings. The van der Waals surface area contributed by atoms with Gasteiger partial charge in [0.1, 0.15) is 5.82 Å². The smallest absolute Gasteiger partial charge is 0.159 e. The van der Waals surface area contributed by atoms with Crippen molar-refractivity contribution in [2.24, 2.45) is 0 Å². The summed E-state index contributed by atoms with van der Waals surface area (Å²) < 4.78 is 13.9. The second-order valence-corrected chi connectivity index (χ2v) is 5.66. The fraction of sp³-hybridized carbons (Fsp3) is 0.188. The highest BCUT2D eigenvalue weighted by Crippen LogP contribution is 2.32. The Balaban J connectivity index is 2.31. The number of benzene rings is 2. The molecule has 0 unspecified atom stereocenters. The lowest BCUT2D eigenvalue weighted by atomic mass is 10.1. The number of aryl methyl sites for hydroxylation is 2. The SMILES string of the molecule is CC(=O)c1ccc(Sc2ccc(C)cc2C)c(F)c1. The molecule has 0 atom stereocenters. The van der Waals surface area contributed by atoms with Gasteiger partial charge in [-0.1, -0.05) is 35.5 Å². The number of carbonyl (C=O) groups excluding carboxylic acids is 1. The van der Waals surface area contributed by atoms with E-state index in [-0.39, 0.29) is 11.6 Å². The van der Waals surface area contributed by atoms with Gasteiger partial charge in [-0.05, 0) is 44.5 Å². The molecule has 2 aromatic carbocycles. The molecule has 0 saturated carbocycles. The van der Waals surface area contributed by atoms with E-state index in [0.717, 1.165) is 10.5 Å². The van der Waals surface area contributed by atoms with Crippen LogP contribution in [0.15, 0.2) is 46.2 Å². The zero-order valence-corrected chi connectivity index (χ0v) is 12.0. The van der Waals surface area contributed by atoms with Crippen LogP contribution in [0.1, 0.15) is 28.4 Å². The molecule has 3 heteroatoms. The Labute approximate surface area is 116 Å². The number of rotatable bonds is 3. The summed E-state index contributed by atoms with van der Waals surface area (Å²) in [6.45, 7) is 5.48. The molecule has 0 aromatic heterocycles. The fourth-order valence-electron chi connectivity index (χ4n) is 1.83. The third kappa shape index (κ3) is 3.24. The molecule has 0 bridgehead atoms. The molecule has 0 aliphatic heterocycles. The maximum Gasteiger partial charge on any atom is 0.159 e. The standard InChI is InChI=1S/C16H15FOS/c1-10-4-6-15(11(2)8-10)19-16-7-5-13(12(3)18)9-14(16)17/h4-9H,1-3H3. The van der Waals surface area contributed by atoms with Crippen molar-refractivity contribution in [2.75, 3.05) is 0 Å². The minimum absolute atomic E-state index is 0.123. The minimum atomic E-state index is -0.349. The van der Waals surface area contributed by atoms with Gasteiger partial charge >= 0.3 is 0 Å². The average molecular weight is 274 g/mol. The first-order valence-electron chi connectivity index (χ1n) is 6.03. The number of Topliss-reactive ketones (excluding diaryl/α,β-unsaturated/α-hetero) is 1. The van der Waals surface area contributed by atoms with E-state index in [1.165, 1.54) is 30.3 Å². The third-order valence-corrected chi connectivity index (χ3v) is 4.12. The summed E-state index contributed by atoms with van der Waals surface area (Å²) in [5.41, 5.74) is 2.72. The van der Waals surface area contributed by atoms with Crippen LogP contribution in [0.5, 0.6) is 0 Å². The number of halogens is 1. The maximum atomic E-state index is 13.9. The van der Waals surface area contributed by atoms with E-state index in [2.05, 4.69) is 6.07 Å². The van der Waals surface area contributed by atoms with Crippen molar-refractivity contribution in [2.45, 2.75) is 30.6 Å². The van der Waals surface area contributed by atoms with Gasteiger partial charge < -0.3 is 0 Å². The Kier molecular flexibility index (Phi) is 4.05. The van der Waals surface area contributed by atoms with E-state index in [4.69, 9.17) is 0 Å². The predicted octanol–water partition coefficient (Wildman–Crippen LogP) is 4.80. The van der Waals surface area contributed by atoms with E-state index in [0.29, 0.717) is 10.5 Å². The highest BCUT2D eigenvalue weighted by Gasteiger charge is 2.09.